The molecule has 0 aliphatic heterocycles. The molecule has 0 unspecified atom stereocenters. The van der Waals surface area contributed by atoms with Crippen molar-refractivity contribution in [2.24, 2.45) is 0 Å². The highest BCUT2D eigenvalue weighted by molar-refractivity contribution is 9.10. The minimum atomic E-state index is -0.632. The number of anilines is 1. The third kappa shape index (κ3) is 5.76. The van der Waals surface area contributed by atoms with Gasteiger partial charge in [-0.25, -0.2) is 0 Å². The Bertz CT molecular complexity index is 989. The molecule has 1 amide bonds. The first-order chi connectivity index (χ1) is 14.1. The molecule has 148 valence electrons. The summed E-state index contributed by atoms with van der Waals surface area (Å²) in [5, 5.41) is 18.7. The van der Waals surface area contributed by atoms with E-state index in [-0.39, 0.29) is 5.71 Å². The summed E-state index contributed by atoms with van der Waals surface area (Å²) in [5.41, 5.74) is 3.70. The fraction of sp³-hybridized carbons (Fsp3) is 0.130. The number of carbonyl (C=O) groups is 1. The highest BCUT2D eigenvalue weighted by Crippen LogP contribution is 2.28. The van der Waals surface area contributed by atoms with Crippen molar-refractivity contribution in [1.82, 2.24) is 0 Å². The van der Waals surface area contributed by atoms with Gasteiger partial charge in [-0.15, -0.1) is 0 Å². The van der Waals surface area contributed by atoms with Crippen molar-refractivity contribution in [3.63, 3.8) is 0 Å². The zero-order valence-electron chi connectivity index (χ0n) is 15.7. The number of amides is 1. The summed E-state index contributed by atoms with van der Waals surface area (Å²) in [4.78, 5) is 11.6. The lowest BCUT2D eigenvalue weighted by Gasteiger charge is -2.11. The van der Waals surface area contributed by atoms with Gasteiger partial charge in [-0.05, 0) is 50.8 Å². The number of aliphatic hydroxyl groups is 1. The van der Waals surface area contributed by atoms with E-state index in [2.05, 4.69) is 57.6 Å². The molecule has 3 aromatic carbocycles. The van der Waals surface area contributed by atoms with Crippen LogP contribution in [-0.4, -0.2) is 29.9 Å². The first-order valence-electron chi connectivity index (χ1n) is 9.13. The third-order valence-corrected chi connectivity index (χ3v) is 4.95. The molecule has 29 heavy (non-hydrogen) atoms. The Morgan fingerprint density at radius 1 is 1.00 bits per heavy atom. The van der Waals surface area contributed by atoms with E-state index in [0.717, 1.165) is 6.42 Å². The molecule has 0 saturated carbocycles. The van der Waals surface area contributed by atoms with Crippen molar-refractivity contribution in [2.45, 2.75) is 6.42 Å². The summed E-state index contributed by atoms with van der Waals surface area (Å²) in [7, 11) is 0. The van der Waals surface area contributed by atoms with Crippen LogP contribution in [0, 0.1) is 5.41 Å². The number of halogens is 1. The second kappa shape index (κ2) is 10.0. The predicted octanol–water partition coefficient (Wildman–Crippen LogP) is 4.69. The maximum Gasteiger partial charge on any atom is 0.271 e. The van der Waals surface area contributed by atoms with Gasteiger partial charge in [0, 0.05) is 12.1 Å². The molecule has 0 radical (unpaired) electrons. The van der Waals surface area contributed by atoms with E-state index in [9.17, 15) is 4.79 Å². The van der Waals surface area contributed by atoms with Crippen molar-refractivity contribution in [3.8, 4) is 16.9 Å². The molecule has 0 saturated heterocycles. The first kappa shape index (κ1) is 20.8. The molecule has 0 fully saturated rings. The molecule has 0 aliphatic carbocycles. The highest BCUT2D eigenvalue weighted by Gasteiger charge is 2.10. The zero-order chi connectivity index (χ0) is 20.6. The van der Waals surface area contributed by atoms with Gasteiger partial charge < -0.3 is 15.2 Å². The van der Waals surface area contributed by atoms with Crippen LogP contribution in [-0.2, 0) is 11.2 Å². The fourth-order valence-corrected chi connectivity index (χ4v) is 3.24. The zero-order valence-corrected chi connectivity index (χ0v) is 17.3. The van der Waals surface area contributed by atoms with Gasteiger partial charge in [0.2, 0.25) is 0 Å². The third-order valence-electron chi connectivity index (χ3n) is 4.33. The molecule has 6 heteroatoms. The van der Waals surface area contributed by atoms with Gasteiger partial charge in [-0.1, -0.05) is 54.6 Å². The summed E-state index contributed by atoms with van der Waals surface area (Å²) >= 11 is 3.43. The van der Waals surface area contributed by atoms with E-state index >= 15 is 0 Å². The summed E-state index contributed by atoms with van der Waals surface area (Å²) in [6.07, 6.45) is 0.771. The van der Waals surface area contributed by atoms with Crippen molar-refractivity contribution in [3.05, 3.63) is 82.8 Å². The molecule has 0 bridgehead atoms. The summed E-state index contributed by atoms with van der Waals surface area (Å²) in [5.74, 6) is 0.0353. The van der Waals surface area contributed by atoms with Crippen LogP contribution in [0.15, 0.2) is 77.3 Å². The van der Waals surface area contributed by atoms with Gasteiger partial charge in [-0.2, -0.15) is 0 Å². The predicted molar refractivity (Wildman–Crippen MR) is 119 cm³/mol. The lowest BCUT2D eigenvalue weighted by Crippen LogP contribution is -2.24. The topological polar surface area (TPSA) is 82.4 Å². The number of hydrogen-bond donors (Lipinski definition) is 3. The van der Waals surface area contributed by atoms with E-state index in [1.165, 1.54) is 16.7 Å². The molecule has 3 aromatic rings. The molecule has 5 nitrogen and oxygen atoms in total. The first-order valence-corrected chi connectivity index (χ1v) is 9.92. The van der Waals surface area contributed by atoms with Crippen molar-refractivity contribution < 1.29 is 14.6 Å². The van der Waals surface area contributed by atoms with Gasteiger partial charge in [0.1, 0.15) is 11.5 Å². The number of aliphatic hydroxyl groups excluding tert-OH is 1. The minimum Gasteiger partial charge on any atom is -0.492 e. The second-order valence-electron chi connectivity index (χ2n) is 6.40. The molecule has 3 N–H and O–H groups in total. The number of carbonyl (C=O) groups excluding carboxylic acids is 1. The molecule has 0 atom stereocenters. The standard InChI is InChI=1S/C23H21BrN2O3/c24-20-14-19(26-23(28)21(25)15-27)10-11-22(20)29-13-12-16-6-8-18(9-7-16)17-4-2-1-3-5-17/h1-11,14,25,27H,12-13,15H2,(H,26,28). The number of nitrogens with one attached hydrogen (secondary N) is 2. The van der Waals surface area contributed by atoms with E-state index in [1.54, 1.807) is 18.2 Å². The fourth-order valence-electron chi connectivity index (χ4n) is 2.75. The molecule has 3 rings (SSSR count). The minimum absolute atomic E-state index is 0.389. The van der Waals surface area contributed by atoms with Gasteiger partial charge in [0.15, 0.2) is 0 Å². The van der Waals surface area contributed by atoms with Crippen LogP contribution >= 0.6 is 15.9 Å². The van der Waals surface area contributed by atoms with Crippen molar-refractivity contribution >= 4 is 33.2 Å². The monoisotopic (exact) mass is 452 g/mol. The number of benzene rings is 3. The molecule has 0 spiro atoms. The lowest BCUT2D eigenvalue weighted by atomic mass is 10.0. The summed E-state index contributed by atoms with van der Waals surface area (Å²) < 4.78 is 6.54. The van der Waals surface area contributed by atoms with E-state index in [4.69, 9.17) is 15.3 Å². The van der Waals surface area contributed by atoms with E-state index in [0.29, 0.717) is 22.5 Å². The van der Waals surface area contributed by atoms with Crippen LogP contribution in [0.25, 0.3) is 11.1 Å². The maximum atomic E-state index is 11.6. The molecule has 0 aromatic heterocycles. The number of rotatable bonds is 8. The Morgan fingerprint density at radius 3 is 2.34 bits per heavy atom. The molecule has 0 heterocycles. The van der Waals surface area contributed by atoms with Crippen molar-refractivity contribution in [2.75, 3.05) is 18.5 Å². The van der Waals surface area contributed by atoms with Crippen LogP contribution in [0.4, 0.5) is 5.69 Å². The van der Waals surface area contributed by atoms with Crippen LogP contribution in [0.1, 0.15) is 5.56 Å². The largest absolute Gasteiger partial charge is 0.492 e. The average Bonchev–Trinajstić information content (AvgIpc) is 2.75. The second-order valence-corrected chi connectivity index (χ2v) is 7.25. The quantitative estimate of drug-likeness (QED) is 0.433. The van der Waals surface area contributed by atoms with Gasteiger partial charge in [0.05, 0.1) is 17.7 Å². The Kier molecular flexibility index (Phi) is 7.16. The number of hydrogen-bond acceptors (Lipinski definition) is 4. The smallest absolute Gasteiger partial charge is 0.271 e. The highest BCUT2D eigenvalue weighted by atomic mass is 79.9. The Morgan fingerprint density at radius 2 is 1.69 bits per heavy atom. The Hall–Kier alpha value is -2.96. The van der Waals surface area contributed by atoms with Gasteiger partial charge in [-0.3, -0.25) is 10.2 Å². The van der Waals surface area contributed by atoms with Gasteiger partial charge >= 0.3 is 0 Å². The van der Waals surface area contributed by atoms with Gasteiger partial charge in [0.25, 0.3) is 5.91 Å². The molecule has 0 aliphatic rings. The SMILES string of the molecule is N=C(CO)C(=O)Nc1ccc(OCCc2ccc(-c3ccccc3)cc2)c(Br)c1. The Labute approximate surface area is 178 Å². The van der Waals surface area contributed by atoms with E-state index in [1.807, 2.05) is 18.2 Å². The average molecular weight is 453 g/mol. The molecular weight excluding hydrogens is 432 g/mol. The van der Waals surface area contributed by atoms with Crippen LogP contribution < -0.4 is 10.1 Å². The van der Waals surface area contributed by atoms with Crippen LogP contribution in [0.5, 0.6) is 5.75 Å². The summed E-state index contributed by atoms with van der Waals surface area (Å²) in [6.45, 7) is -0.0787. The van der Waals surface area contributed by atoms with Crippen LogP contribution in [0.3, 0.4) is 0 Å². The molecular formula is C23H21BrN2O3. The van der Waals surface area contributed by atoms with Crippen LogP contribution in [0.2, 0.25) is 0 Å². The maximum absolute atomic E-state index is 11.6. The van der Waals surface area contributed by atoms with Crippen molar-refractivity contribution in [1.29, 1.82) is 5.41 Å². The lowest BCUT2D eigenvalue weighted by molar-refractivity contribution is -0.110. The summed E-state index contributed by atoms with van der Waals surface area (Å²) in [6, 6.07) is 23.8. The number of ether oxygens (including phenoxy) is 1. The Balaban J connectivity index is 1.54. The van der Waals surface area contributed by atoms with E-state index < -0.39 is 12.5 Å². The normalized spacial score (nSPS) is 10.4.